The molecule has 0 atom stereocenters. The Morgan fingerprint density at radius 1 is 1.00 bits per heavy atom. The molecule has 4 rings (SSSR count). The number of benzene rings is 2. The Kier molecular flexibility index (Phi) is 5.90. The Balaban J connectivity index is 1.36. The van der Waals surface area contributed by atoms with Crippen LogP contribution >= 0.6 is 0 Å². The SMILES string of the molecule is CC1=NN(c2ccc(C(=O)N3CCCN(Cc4ccccc4F)CC3)cc2)CC1. The maximum atomic E-state index is 13.9. The van der Waals surface area contributed by atoms with Gasteiger partial charge in [0.25, 0.3) is 5.91 Å². The molecule has 0 saturated carbocycles. The van der Waals surface area contributed by atoms with Crippen LogP contribution in [0.4, 0.5) is 10.1 Å². The first-order valence-electron chi connectivity index (χ1n) is 10.3. The lowest BCUT2D eigenvalue weighted by Gasteiger charge is -2.22. The molecule has 2 aliphatic heterocycles. The molecule has 0 radical (unpaired) electrons. The molecular formula is C23H27FN4O. The molecule has 1 amide bonds. The molecule has 2 aromatic carbocycles. The number of carbonyl (C=O) groups excluding carboxylic acids is 1. The molecule has 5 nitrogen and oxygen atoms in total. The van der Waals surface area contributed by atoms with Gasteiger partial charge in [-0.2, -0.15) is 5.10 Å². The fourth-order valence-corrected chi connectivity index (χ4v) is 3.92. The molecule has 152 valence electrons. The normalized spacial score (nSPS) is 17.9. The largest absolute Gasteiger partial charge is 0.337 e. The van der Waals surface area contributed by atoms with Crippen molar-refractivity contribution >= 4 is 17.3 Å². The van der Waals surface area contributed by atoms with Crippen molar-refractivity contribution in [3.63, 3.8) is 0 Å². The summed E-state index contributed by atoms with van der Waals surface area (Å²) in [5.74, 6) is -0.104. The van der Waals surface area contributed by atoms with Crippen molar-refractivity contribution in [2.45, 2.75) is 26.3 Å². The van der Waals surface area contributed by atoms with Gasteiger partial charge in [-0.25, -0.2) is 4.39 Å². The van der Waals surface area contributed by atoms with Crippen molar-refractivity contribution in [1.82, 2.24) is 9.80 Å². The summed E-state index contributed by atoms with van der Waals surface area (Å²) >= 11 is 0. The third-order valence-corrected chi connectivity index (χ3v) is 5.62. The molecule has 0 spiro atoms. The Morgan fingerprint density at radius 2 is 1.79 bits per heavy atom. The van der Waals surface area contributed by atoms with E-state index in [0.29, 0.717) is 24.2 Å². The number of carbonyl (C=O) groups is 1. The second-order valence-corrected chi connectivity index (χ2v) is 7.77. The monoisotopic (exact) mass is 394 g/mol. The average molecular weight is 394 g/mol. The number of halogens is 1. The molecule has 2 heterocycles. The number of amides is 1. The van der Waals surface area contributed by atoms with Crippen molar-refractivity contribution in [2.24, 2.45) is 5.10 Å². The number of rotatable bonds is 4. The van der Waals surface area contributed by atoms with Crippen LogP contribution in [0.3, 0.4) is 0 Å². The highest BCUT2D eigenvalue weighted by atomic mass is 19.1. The maximum Gasteiger partial charge on any atom is 0.253 e. The topological polar surface area (TPSA) is 39.2 Å². The molecule has 29 heavy (non-hydrogen) atoms. The van der Waals surface area contributed by atoms with Crippen LogP contribution in [0, 0.1) is 5.82 Å². The first-order chi connectivity index (χ1) is 14.1. The highest BCUT2D eigenvalue weighted by Gasteiger charge is 2.21. The third-order valence-electron chi connectivity index (χ3n) is 5.62. The lowest BCUT2D eigenvalue weighted by molar-refractivity contribution is 0.0761. The molecule has 0 bridgehead atoms. The van der Waals surface area contributed by atoms with Crippen LogP contribution in [-0.4, -0.2) is 54.1 Å². The van der Waals surface area contributed by atoms with E-state index in [9.17, 15) is 9.18 Å². The third kappa shape index (κ3) is 4.65. The molecular weight excluding hydrogens is 367 g/mol. The van der Waals surface area contributed by atoms with Crippen molar-refractivity contribution < 1.29 is 9.18 Å². The molecule has 6 heteroatoms. The van der Waals surface area contributed by atoms with Gasteiger partial charge in [0.05, 0.1) is 5.69 Å². The summed E-state index contributed by atoms with van der Waals surface area (Å²) in [6.45, 7) is 6.51. The zero-order valence-electron chi connectivity index (χ0n) is 16.9. The second-order valence-electron chi connectivity index (χ2n) is 7.77. The van der Waals surface area contributed by atoms with E-state index in [4.69, 9.17) is 0 Å². The minimum atomic E-state index is -0.165. The summed E-state index contributed by atoms with van der Waals surface area (Å²) in [6, 6.07) is 14.6. The van der Waals surface area contributed by atoms with Gasteiger partial charge in [-0.05, 0) is 43.7 Å². The fourth-order valence-electron chi connectivity index (χ4n) is 3.92. The zero-order valence-corrected chi connectivity index (χ0v) is 16.9. The number of nitrogens with zero attached hydrogens (tertiary/aromatic N) is 4. The Hall–Kier alpha value is -2.73. The van der Waals surface area contributed by atoms with Gasteiger partial charge in [-0.15, -0.1) is 0 Å². The predicted octanol–water partition coefficient (Wildman–Crippen LogP) is 3.76. The summed E-state index contributed by atoms with van der Waals surface area (Å²) in [7, 11) is 0. The van der Waals surface area contributed by atoms with Gasteiger partial charge < -0.3 is 4.90 Å². The Bertz CT molecular complexity index is 896. The average Bonchev–Trinajstić information content (AvgIpc) is 3.04. The highest BCUT2D eigenvalue weighted by Crippen LogP contribution is 2.21. The van der Waals surface area contributed by atoms with Crippen LogP contribution in [0.5, 0.6) is 0 Å². The van der Waals surface area contributed by atoms with Gasteiger partial charge in [-0.3, -0.25) is 14.7 Å². The van der Waals surface area contributed by atoms with Gasteiger partial charge in [0, 0.05) is 62.5 Å². The van der Waals surface area contributed by atoms with E-state index in [1.54, 1.807) is 6.07 Å². The van der Waals surface area contributed by atoms with Crippen LogP contribution in [0.15, 0.2) is 53.6 Å². The van der Waals surface area contributed by atoms with E-state index < -0.39 is 0 Å². The Morgan fingerprint density at radius 3 is 2.52 bits per heavy atom. The molecule has 1 saturated heterocycles. The molecule has 0 aliphatic carbocycles. The van der Waals surface area contributed by atoms with Gasteiger partial charge in [0.2, 0.25) is 0 Å². The minimum absolute atomic E-state index is 0.0606. The first-order valence-corrected chi connectivity index (χ1v) is 10.3. The van der Waals surface area contributed by atoms with Crippen molar-refractivity contribution in [1.29, 1.82) is 0 Å². The van der Waals surface area contributed by atoms with E-state index >= 15 is 0 Å². The van der Waals surface area contributed by atoms with E-state index in [1.165, 1.54) is 6.07 Å². The van der Waals surface area contributed by atoms with Crippen LogP contribution in [0.1, 0.15) is 35.7 Å². The second kappa shape index (κ2) is 8.74. The quantitative estimate of drug-likeness (QED) is 0.793. The predicted molar refractivity (Wildman–Crippen MR) is 114 cm³/mol. The highest BCUT2D eigenvalue weighted by molar-refractivity contribution is 5.94. The smallest absolute Gasteiger partial charge is 0.253 e. The first kappa shape index (κ1) is 19.6. The van der Waals surface area contributed by atoms with E-state index in [1.807, 2.05) is 53.2 Å². The van der Waals surface area contributed by atoms with Gasteiger partial charge in [0.1, 0.15) is 5.82 Å². The number of anilines is 1. The van der Waals surface area contributed by atoms with E-state index in [2.05, 4.69) is 10.0 Å². The summed E-state index contributed by atoms with van der Waals surface area (Å²) < 4.78 is 13.9. The summed E-state index contributed by atoms with van der Waals surface area (Å²) in [5.41, 5.74) is 3.57. The molecule has 1 fully saturated rings. The summed E-state index contributed by atoms with van der Waals surface area (Å²) in [4.78, 5) is 17.1. The van der Waals surface area contributed by atoms with Gasteiger partial charge in [-0.1, -0.05) is 18.2 Å². The van der Waals surface area contributed by atoms with Gasteiger partial charge >= 0.3 is 0 Å². The van der Waals surface area contributed by atoms with Crippen LogP contribution in [0.2, 0.25) is 0 Å². The number of hydrogen-bond donors (Lipinski definition) is 0. The van der Waals surface area contributed by atoms with Crippen LogP contribution < -0.4 is 5.01 Å². The van der Waals surface area contributed by atoms with Crippen molar-refractivity contribution in [2.75, 3.05) is 37.7 Å². The minimum Gasteiger partial charge on any atom is -0.337 e. The molecule has 2 aliphatic rings. The zero-order chi connectivity index (χ0) is 20.2. The maximum absolute atomic E-state index is 13.9. The van der Waals surface area contributed by atoms with Crippen LogP contribution in [-0.2, 0) is 6.54 Å². The fraction of sp³-hybridized carbons (Fsp3) is 0.391. The lowest BCUT2D eigenvalue weighted by atomic mass is 10.1. The van der Waals surface area contributed by atoms with E-state index in [0.717, 1.165) is 50.4 Å². The van der Waals surface area contributed by atoms with E-state index in [-0.39, 0.29) is 11.7 Å². The van der Waals surface area contributed by atoms with Crippen LogP contribution in [0.25, 0.3) is 0 Å². The van der Waals surface area contributed by atoms with Gasteiger partial charge in [0.15, 0.2) is 0 Å². The summed E-state index contributed by atoms with van der Waals surface area (Å²) in [6.07, 6.45) is 1.87. The lowest BCUT2D eigenvalue weighted by Crippen LogP contribution is -2.35. The summed E-state index contributed by atoms with van der Waals surface area (Å²) in [5, 5.41) is 6.49. The molecule has 2 aromatic rings. The molecule has 0 aromatic heterocycles. The van der Waals surface area contributed by atoms with Crippen molar-refractivity contribution in [3.05, 3.63) is 65.5 Å². The molecule has 0 N–H and O–H groups in total. The number of hydrogen-bond acceptors (Lipinski definition) is 4. The standard InChI is InChI=1S/C23H27FN4O/c1-18-11-14-28(25-18)21-9-7-19(8-10-21)23(29)27-13-4-12-26(15-16-27)17-20-5-2-3-6-22(20)24/h2-3,5-10H,4,11-17H2,1H3. The Labute approximate surface area is 171 Å². The molecule has 0 unspecified atom stereocenters. The van der Waals surface area contributed by atoms with Crippen molar-refractivity contribution in [3.8, 4) is 0 Å². The number of hydrazone groups is 1.